The van der Waals surface area contributed by atoms with E-state index in [4.69, 9.17) is 20.2 Å². The Labute approximate surface area is 214 Å². The minimum atomic E-state index is -0.0916. The van der Waals surface area contributed by atoms with Crippen molar-refractivity contribution in [2.24, 2.45) is 0 Å². The molecule has 1 fully saturated rings. The summed E-state index contributed by atoms with van der Waals surface area (Å²) in [6.07, 6.45) is 1.65. The van der Waals surface area contributed by atoms with Gasteiger partial charge in [0.1, 0.15) is 0 Å². The van der Waals surface area contributed by atoms with Crippen LogP contribution in [0.25, 0.3) is 22.4 Å². The number of anilines is 2. The number of fused-ring (bicyclic) bond motifs is 1. The van der Waals surface area contributed by atoms with Crippen molar-refractivity contribution >= 4 is 29.0 Å². The van der Waals surface area contributed by atoms with Crippen LogP contribution in [0.3, 0.4) is 0 Å². The molecule has 11 nitrogen and oxygen atoms in total. The number of hydrogen-bond donors (Lipinski definition) is 2. The first-order valence-electron chi connectivity index (χ1n) is 11.9. The van der Waals surface area contributed by atoms with E-state index in [1.807, 2.05) is 48.5 Å². The van der Waals surface area contributed by atoms with Gasteiger partial charge in [0.2, 0.25) is 5.95 Å². The number of piperazine rings is 1. The Morgan fingerprint density at radius 3 is 2.46 bits per heavy atom. The lowest BCUT2D eigenvalue weighted by molar-refractivity contribution is 0.194. The number of rotatable bonds is 6. The van der Waals surface area contributed by atoms with Gasteiger partial charge in [-0.2, -0.15) is 9.97 Å². The zero-order valence-corrected chi connectivity index (χ0v) is 20.7. The molecule has 37 heavy (non-hydrogen) atoms. The molecule has 0 aliphatic carbocycles. The van der Waals surface area contributed by atoms with E-state index in [2.05, 4.69) is 25.2 Å². The van der Waals surface area contributed by atoms with Gasteiger partial charge in [-0.25, -0.2) is 14.8 Å². The van der Waals surface area contributed by atoms with Crippen molar-refractivity contribution in [2.45, 2.75) is 6.54 Å². The largest absolute Gasteiger partial charge is 0.493 e. The highest BCUT2D eigenvalue weighted by atomic mass is 16.5. The maximum Gasteiger partial charge on any atom is 0.317 e. The van der Waals surface area contributed by atoms with E-state index >= 15 is 0 Å². The second-order valence-corrected chi connectivity index (χ2v) is 8.52. The second-order valence-electron chi connectivity index (χ2n) is 8.52. The normalized spacial score (nSPS) is 13.5. The lowest BCUT2D eigenvalue weighted by Crippen LogP contribution is -2.52. The third-order valence-electron chi connectivity index (χ3n) is 6.24. The minimum absolute atomic E-state index is 0.0916. The molecule has 0 atom stereocenters. The predicted octanol–water partition coefficient (Wildman–Crippen LogP) is 2.72. The van der Waals surface area contributed by atoms with E-state index in [1.165, 1.54) is 0 Å². The highest BCUT2D eigenvalue weighted by Gasteiger charge is 2.25. The molecule has 1 saturated heterocycles. The number of aromatic nitrogens is 4. The molecule has 2 aromatic carbocycles. The number of nitrogens with one attached hydrogen (secondary N) is 1. The first-order valence-corrected chi connectivity index (χ1v) is 11.9. The summed E-state index contributed by atoms with van der Waals surface area (Å²) >= 11 is 0. The molecule has 0 unspecified atom stereocenters. The fourth-order valence-electron chi connectivity index (χ4n) is 4.27. The SMILES string of the molecule is COc1ccc(-c2cnc3nc(N)nc(N4CCN(C(=O)NCc5ccccc5)CC4)c3n2)cc1OC. The third-order valence-corrected chi connectivity index (χ3v) is 6.24. The van der Waals surface area contributed by atoms with Gasteiger partial charge in [-0.15, -0.1) is 0 Å². The van der Waals surface area contributed by atoms with E-state index in [9.17, 15) is 4.79 Å². The lowest BCUT2D eigenvalue weighted by Gasteiger charge is -2.35. The molecule has 4 aromatic rings. The van der Waals surface area contributed by atoms with Gasteiger partial charge in [0.25, 0.3) is 0 Å². The number of benzene rings is 2. The van der Waals surface area contributed by atoms with E-state index in [-0.39, 0.29) is 12.0 Å². The summed E-state index contributed by atoms with van der Waals surface area (Å²) in [6.45, 7) is 2.71. The summed E-state index contributed by atoms with van der Waals surface area (Å²) in [5.74, 6) is 1.94. The van der Waals surface area contributed by atoms with Crippen LogP contribution in [0.4, 0.5) is 16.6 Å². The van der Waals surface area contributed by atoms with Gasteiger partial charge in [-0.05, 0) is 23.8 Å². The monoisotopic (exact) mass is 500 g/mol. The van der Waals surface area contributed by atoms with Crippen molar-refractivity contribution in [3.05, 3.63) is 60.3 Å². The lowest BCUT2D eigenvalue weighted by atomic mass is 10.1. The first-order chi connectivity index (χ1) is 18.1. The number of nitrogens with zero attached hydrogens (tertiary/aromatic N) is 6. The molecule has 2 aromatic heterocycles. The highest BCUT2D eigenvalue weighted by Crippen LogP contribution is 2.32. The standard InChI is InChI=1S/C26H28N8O3/c1-36-20-9-8-18(14-21(20)37-2)19-16-28-23-22(30-19)24(32-25(27)31-23)33-10-12-34(13-11-33)26(35)29-15-17-6-4-3-5-7-17/h3-9,14,16H,10-13,15H2,1-2H3,(H,29,35)(H2,27,28,31,32). The van der Waals surface area contributed by atoms with Crippen LogP contribution in [0, 0.1) is 0 Å². The van der Waals surface area contributed by atoms with Crippen molar-refractivity contribution in [1.82, 2.24) is 30.2 Å². The Hall–Kier alpha value is -4.67. The van der Waals surface area contributed by atoms with Gasteiger partial charge >= 0.3 is 6.03 Å². The summed E-state index contributed by atoms with van der Waals surface area (Å²) in [4.78, 5) is 34.7. The quantitative estimate of drug-likeness (QED) is 0.410. The maximum atomic E-state index is 12.7. The van der Waals surface area contributed by atoms with Gasteiger partial charge in [0, 0.05) is 38.3 Å². The summed E-state index contributed by atoms with van der Waals surface area (Å²) < 4.78 is 10.8. The van der Waals surface area contributed by atoms with Gasteiger partial charge in [-0.1, -0.05) is 30.3 Å². The van der Waals surface area contributed by atoms with Crippen LogP contribution >= 0.6 is 0 Å². The number of methoxy groups -OCH3 is 2. The van der Waals surface area contributed by atoms with Crippen LogP contribution in [0.15, 0.2) is 54.7 Å². The van der Waals surface area contributed by atoms with E-state index < -0.39 is 0 Å². The molecule has 0 spiro atoms. The molecule has 2 amide bonds. The molecule has 3 heterocycles. The average molecular weight is 501 g/mol. The molecule has 11 heteroatoms. The zero-order valence-electron chi connectivity index (χ0n) is 20.7. The van der Waals surface area contributed by atoms with Gasteiger partial charge in [0.05, 0.1) is 26.1 Å². The van der Waals surface area contributed by atoms with Crippen molar-refractivity contribution in [1.29, 1.82) is 0 Å². The van der Waals surface area contributed by atoms with Crippen LogP contribution in [0.2, 0.25) is 0 Å². The fraction of sp³-hybridized carbons (Fsp3) is 0.269. The van der Waals surface area contributed by atoms with Crippen LogP contribution in [-0.4, -0.2) is 71.3 Å². The third kappa shape index (κ3) is 5.15. The number of nitrogens with two attached hydrogens (primary N) is 1. The Bertz CT molecular complexity index is 1410. The molecule has 1 aliphatic rings. The van der Waals surface area contributed by atoms with Crippen molar-refractivity contribution in [3.63, 3.8) is 0 Å². The predicted molar refractivity (Wildman–Crippen MR) is 141 cm³/mol. The Morgan fingerprint density at radius 1 is 0.973 bits per heavy atom. The molecule has 0 radical (unpaired) electrons. The van der Waals surface area contributed by atoms with Crippen molar-refractivity contribution in [2.75, 3.05) is 51.0 Å². The van der Waals surface area contributed by atoms with Gasteiger partial charge in [-0.3, -0.25) is 0 Å². The zero-order chi connectivity index (χ0) is 25.8. The molecule has 0 saturated carbocycles. The van der Waals surface area contributed by atoms with Crippen LogP contribution in [-0.2, 0) is 6.54 Å². The van der Waals surface area contributed by atoms with Crippen LogP contribution in [0.1, 0.15) is 5.56 Å². The summed E-state index contributed by atoms with van der Waals surface area (Å²) in [6, 6.07) is 15.3. The highest BCUT2D eigenvalue weighted by molar-refractivity contribution is 5.86. The smallest absolute Gasteiger partial charge is 0.317 e. The molecule has 5 rings (SSSR count). The van der Waals surface area contributed by atoms with Gasteiger partial charge in [0.15, 0.2) is 28.5 Å². The molecular weight excluding hydrogens is 472 g/mol. The van der Waals surface area contributed by atoms with Crippen molar-refractivity contribution in [3.8, 4) is 22.8 Å². The number of ether oxygens (including phenoxy) is 2. The molecular formula is C26H28N8O3. The molecule has 3 N–H and O–H groups in total. The number of nitrogen functional groups attached to an aromatic ring is 1. The summed E-state index contributed by atoms with van der Waals surface area (Å²) in [7, 11) is 3.18. The number of amides is 2. The second kappa shape index (κ2) is 10.5. The Kier molecular flexibility index (Phi) is 6.84. The average Bonchev–Trinajstić information content (AvgIpc) is 2.95. The van der Waals surface area contributed by atoms with Crippen LogP contribution in [0.5, 0.6) is 11.5 Å². The maximum absolute atomic E-state index is 12.7. The number of hydrogen-bond acceptors (Lipinski definition) is 9. The van der Waals surface area contributed by atoms with E-state index in [0.717, 1.165) is 11.1 Å². The molecule has 0 bridgehead atoms. The minimum Gasteiger partial charge on any atom is -0.493 e. The number of carbonyl (C=O) groups excluding carboxylic acids is 1. The van der Waals surface area contributed by atoms with E-state index in [1.54, 1.807) is 25.3 Å². The topological polar surface area (TPSA) is 132 Å². The van der Waals surface area contributed by atoms with Gasteiger partial charge < -0.3 is 30.3 Å². The number of carbonyl (C=O) groups is 1. The van der Waals surface area contributed by atoms with Crippen LogP contribution < -0.4 is 25.4 Å². The summed E-state index contributed by atoms with van der Waals surface area (Å²) in [5, 5.41) is 2.99. The molecule has 1 aliphatic heterocycles. The fourth-order valence-corrected chi connectivity index (χ4v) is 4.27. The Balaban J connectivity index is 1.35. The molecule has 190 valence electrons. The first kappa shape index (κ1) is 24.0. The van der Waals surface area contributed by atoms with E-state index in [0.29, 0.717) is 66.9 Å². The van der Waals surface area contributed by atoms with Crippen molar-refractivity contribution < 1.29 is 14.3 Å². The Morgan fingerprint density at radius 2 is 1.73 bits per heavy atom. The summed E-state index contributed by atoms with van der Waals surface area (Å²) in [5.41, 5.74) is 9.47. The number of urea groups is 1.